The summed E-state index contributed by atoms with van der Waals surface area (Å²) in [5, 5.41) is 5.28. The monoisotopic (exact) mass is 422 g/mol. The van der Waals surface area contributed by atoms with Crippen molar-refractivity contribution in [3.8, 4) is 0 Å². The minimum atomic E-state index is -6.21. The first kappa shape index (κ1) is 22.5. The van der Waals surface area contributed by atoms with Crippen molar-refractivity contribution < 1.29 is 35.5 Å². The second-order valence-electron chi connectivity index (χ2n) is 6.42. The van der Waals surface area contributed by atoms with Gasteiger partial charge in [0.15, 0.2) is 0 Å². The zero-order valence-electron chi connectivity index (χ0n) is 15.5. The molecule has 0 aliphatic heterocycles. The lowest BCUT2D eigenvalue weighted by molar-refractivity contribution is -0.348. The molecule has 0 saturated heterocycles. The molecule has 1 amide bonds. The predicted octanol–water partition coefficient (Wildman–Crippen LogP) is 5.89. The summed E-state index contributed by atoms with van der Waals surface area (Å²) in [4.78, 5) is 12.4. The highest BCUT2D eigenvalue weighted by Crippen LogP contribution is 2.53. The van der Waals surface area contributed by atoms with Gasteiger partial charge in [0.2, 0.25) is 0 Å². The first-order valence-corrected chi connectivity index (χ1v) is 8.25. The molecule has 0 aliphatic carbocycles. The molecule has 0 aliphatic rings. The van der Waals surface area contributed by atoms with E-state index in [2.05, 4.69) is 10.6 Å². The molecule has 29 heavy (non-hydrogen) atoms. The van der Waals surface area contributed by atoms with Crippen molar-refractivity contribution in [2.45, 2.75) is 31.9 Å². The average molecular weight is 422 g/mol. The van der Waals surface area contributed by atoms with Crippen molar-refractivity contribution in [2.75, 3.05) is 17.7 Å². The van der Waals surface area contributed by atoms with Crippen LogP contribution >= 0.6 is 0 Å². The molecule has 0 fully saturated rings. The van der Waals surface area contributed by atoms with E-state index >= 15 is 0 Å². The molecule has 2 aromatic rings. The van der Waals surface area contributed by atoms with Crippen LogP contribution < -0.4 is 10.6 Å². The minimum Gasteiger partial charge on any atom is -0.388 e. The van der Waals surface area contributed by atoms with Gasteiger partial charge in [-0.3, -0.25) is 4.79 Å². The number of aryl methyl sites for hydroxylation is 2. The van der Waals surface area contributed by atoms with E-state index in [1.54, 1.807) is 19.2 Å². The standard InChI is InChI=1S/C19H17F7N2O/c1-10-7-13(17(20,18(21,22)23)19(24,25)26)8-11(2)15(10)28-16(29)12-5-4-6-14(9-12)27-3/h4-9,27H,1-3H3,(H,28,29). The molecule has 2 N–H and O–H groups in total. The van der Waals surface area contributed by atoms with Gasteiger partial charge in [0, 0.05) is 29.5 Å². The highest BCUT2D eigenvalue weighted by molar-refractivity contribution is 6.05. The van der Waals surface area contributed by atoms with Crippen LogP contribution in [0.15, 0.2) is 36.4 Å². The average Bonchev–Trinajstić information content (AvgIpc) is 2.61. The van der Waals surface area contributed by atoms with Gasteiger partial charge in [-0.1, -0.05) is 18.2 Å². The van der Waals surface area contributed by atoms with Crippen LogP contribution in [0, 0.1) is 13.8 Å². The van der Waals surface area contributed by atoms with Gasteiger partial charge in [0.05, 0.1) is 0 Å². The first-order valence-electron chi connectivity index (χ1n) is 8.25. The number of carbonyl (C=O) groups is 1. The molecule has 2 rings (SSSR count). The van der Waals surface area contributed by atoms with E-state index < -0.39 is 29.5 Å². The predicted molar refractivity (Wildman–Crippen MR) is 94.8 cm³/mol. The molecule has 2 aromatic carbocycles. The summed E-state index contributed by atoms with van der Waals surface area (Å²) < 4.78 is 92.2. The fraction of sp³-hybridized carbons (Fsp3) is 0.316. The number of anilines is 2. The first-order chi connectivity index (χ1) is 13.2. The summed E-state index contributed by atoms with van der Waals surface area (Å²) in [7, 11) is 1.63. The maximum absolute atomic E-state index is 14.3. The van der Waals surface area contributed by atoms with E-state index in [1.165, 1.54) is 26.0 Å². The Bertz CT molecular complexity index is 882. The van der Waals surface area contributed by atoms with E-state index in [1.807, 2.05) is 0 Å². The molecule has 0 aromatic heterocycles. The summed E-state index contributed by atoms with van der Waals surface area (Å²) >= 11 is 0. The number of hydrogen-bond donors (Lipinski definition) is 2. The maximum Gasteiger partial charge on any atom is 0.435 e. The number of rotatable bonds is 4. The second-order valence-corrected chi connectivity index (χ2v) is 6.42. The van der Waals surface area contributed by atoms with Crippen molar-refractivity contribution in [1.29, 1.82) is 0 Å². The molecule has 0 unspecified atom stereocenters. The van der Waals surface area contributed by atoms with Crippen LogP contribution in [0.5, 0.6) is 0 Å². The Morgan fingerprint density at radius 2 is 1.38 bits per heavy atom. The molecule has 0 spiro atoms. The molecule has 158 valence electrons. The largest absolute Gasteiger partial charge is 0.435 e. The van der Waals surface area contributed by atoms with Gasteiger partial charge in [0.25, 0.3) is 5.91 Å². The Balaban J connectivity index is 2.47. The van der Waals surface area contributed by atoms with Gasteiger partial charge in [-0.25, -0.2) is 4.39 Å². The molecule has 0 heterocycles. The van der Waals surface area contributed by atoms with Crippen LogP contribution in [-0.4, -0.2) is 25.3 Å². The van der Waals surface area contributed by atoms with Crippen LogP contribution in [0.25, 0.3) is 0 Å². The summed E-state index contributed by atoms with van der Waals surface area (Å²) in [5.74, 6) is -0.626. The Hall–Kier alpha value is -2.78. The third-order valence-electron chi connectivity index (χ3n) is 4.36. The minimum absolute atomic E-state index is 0.000287. The third kappa shape index (κ3) is 4.15. The quantitative estimate of drug-likeness (QED) is 0.604. The number of nitrogens with one attached hydrogen (secondary N) is 2. The Labute approximate surface area is 161 Å². The van der Waals surface area contributed by atoms with Crippen molar-refractivity contribution in [1.82, 2.24) is 0 Å². The summed E-state index contributed by atoms with van der Waals surface area (Å²) in [6.45, 7) is 2.37. The fourth-order valence-corrected chi connectivity index (χ4v) is 2.85. The molecule has 10 heteroatoms. The SMILES string of the molecule is CNc1cccc(C(=O)Nc2c(C)cc(C(F)(C(F)(F)F)C(F)(F)F)cc2C)c1. The van der Waals surface area contributed by atoms with Crippen molar-refractivity contribution in [3.05, 3.63) is 58.7 Å². The lowest BCUT2D eigenvalue weighted by Gasteiger charge is -2.31. The molecule has 0 bridgehead atoms. The molecular weight excluding hydrogens is 405 g/mol. The maximum atomic E-state index is 14.3. The Morgan fingerprint density at radius 1 is 0.862 bits per heavy atom. The van der Waals surface area contributed by atoms with Crippen LogP contribution in [0.1, 0.15) is 27.0 Å². The van der Waals surface area contributed by atoms with Gasteiger partial charge in [0.1, 0.15) is 0 Å². The van der Waals surface area contributed by atoms with Crippen LogP contribution in [0.3, 0.4) is 0 Å². The summed E-state index contributed by atoms with van der Waals surface area (Å²) in [6.07, 6.45) is -12.4. The molecule has 0 saturated carbocycles. The zero-order valence-corrected chi connectivity index (χ0v) is 15.5. The van der Waals surface area contributed by atoms with Gasteiger partial charge in [-0.2, -0.15) is 26.3 Å². The number of alkyl halides is 7. The van der Waals surface area contributed by atoms with E-state index in [0.717, 1.165) is 0 Å². The number of hydrogen-bond acceptors (Lipinski definition) is 2. The van der Waals surface area contributed by atoms with Crippen LogP contribution in [0.2, 0.25) is 0 Å². The van der Waals surface area contributed by atoms with E-state index in [0.29, 0.717) is 17.8 Å². The Morgan fingerprint density at radius 3 is 1.83 bits per heavy atom. The van der Waals surface area contributed by atoms with Crippen molar-refractivity contribution in [2.24, 2.45) is 0 Å². The highest BCUT2D eigenvalue weighted by atomic mass is 19.4. The molecular formula is C19H17F7N2O. The van der Waals surface area contributed by atoms with E-state index in [-0.39, 0.29) is 22.4 Å². The molecule has 0 radical (unpaired) electrons. The molecule has 0 atom stereocenters. The van der Waals surface area contributed by atoms with E-state index in [9.17, 15) is 35.5 Å². The van der Waals surface area contributed by atoms with E-state index in [4.69, 9.17) is 0 Å². The lowest BCUT2D eigenvalue weighted by atomic mass is 9.90. The van der Waals surface area contributed by atoms with Crippen molar-refractivity contribution >= 4 is 17.3 Å². The fourth-order valence-electron chi connectivity index (χ4n) is 2.85. The third-order valence-corrected chi connectivity index (χ3v) is 4.36. The zero-order chi connectivity index (χ0) is 22.2. The topological polar surface area (TPSA) is 41.1 Å². The van der Waals surface area contributed by atoms with Gasteiger partial charge in [-0.05, 0) is 43.2 Å². The van der Waals surface area contributed by atoms with Crippen molar-refractivity contribution in [3.63, 3.8) is 0 Å². The summed E-state index contributed by atoms with van der Waals surface area (Å²) in [5.41, 5.74) is -6.58. The number of carbonyl (C=O) groups excluding carboxylic acids is 1. The summed E-state index contributed by atoms with van der Waals surface area (Å²) in [6, 6.07) is 7.15. The smallest absolute Gasteiger partial charge is 0.388 e. The van der Waals surface area contributed by atoms with Gasteiger partial charge >= 0.3 is 18.0 Å². The number of amides is 1. The van der Waals surface area contributed by atoms with Crippen LogP contribution in [0.4, 0.5) is 42.1 Å². The Kier molecular flexibility index (Phi) is 5.87. The number of halogens is 7. The number of benzene rings is 2. The lowest BCUT2D eigenvalue weighted by Crippen LogP contribution is -2.50. The second kappa shape index (κ2) is 7.57. The van der Waals surface area contributed by atoms with Gasteiger partial charge < -0.3 is 10.6 Å². The highest BCUT2D eigenvalue weighted by Gasteiger charge is 2.73. The van der Waals surface area contributed by atoms with Gasteiger partial charge in [-0.15, -0.1) is 0 Å². The molecule has 3 nitrogen and oxygen atoms in total. The van der Waals surface area contributed by atoms with Crippen LogP contribution in [-0.2, 0) is 5.67 Å². The normalized spacial score (nSPS) is 12.6.